The minimum atomic E-state index is 0.823. The van der Waals surface area contributed by atoms with Crippen molar-refractivity contribution in [2.45, 2.75) is 0 Å². The van der Waals surface area contributed by atoms with Crippen LogP contribution in [0.15, 0.2) is 29.4 Å². The van der Waals surface area contributed by atoms with E-state index in [1.807, 2.05) is 18.2 Å². The second-order valence-corrected chi connectivity index (χ2v) is 2.22. The van der Waals surface area contributed by atoms with Crippen LogP contribution in [0.3, 0.4) is 0 Å². The molecular formula is C7H6BN2. The second-order valence-electron chi connectivity index (χ2n) is 2.22. The monoisotopic (exact) mass is 129 g/mol. The van der Waals surface area contributed by atoms with Crippen molar-refractivity contribution in [3.05, 3.63) is 29.8 Å². The van der Waals surface area contributed by atoms with Gasteiger partial charge in [-0.15, -0.1) is 0 Å². The predicted octanol–water partition coefficient (Wildman–Crippen LogP) is -0.523. The first-order chi connectivity index (χ1) is 4.97. The third-order valence-corrected chi connectivity index (χ3v) is 1.54. The van der Waals surface area contributed by atoms with E-state index in [2.05, 4.69) is 22.7 Å². The molecule has 0 aromatic heterocycles. The van der Waals surface area contributed by atoms with E-state index in [0.29, 0.717) is 0 Å². The largest absolute Gasteiger partial charge is 0.351 e. The third kappa shape index (κ3) is 0.797. The molecule has 1 aromatic rings. The SMILES string of the molecule is B1NN=[C]c2ccccc21. The summed E-state index contributed by atoms with van der Waals surface area (Å²) in [5, 5.41) is 6.67. The average molecular weight is 129 g/mol. The number of hydrogen-bond donors (Lipinski definition) is 1. The maximum absolute atomic E-state index is 3.82. The van der Waals surface area contributed by atoms with Gasteiger partial charge in [-0.3, -0.25) is 0 Å². The molecule has 3 heteroatoms. The molecule has 0 unspecified atom stereocenters. The van der Waals surface area contributed by atoms with Crippen molar-refractivity contribution in [2.75, 3.05) is 0 Å². The molecule has 2 rings (SSSR count). The molecule has 1 radical (unpaired) electrons. The van der Waals surface area contributed by atoms with Gasteiger partial charge in [-0.05, 0) is 5.46 Å². The maximum atomic E-state index is 3.82. The van der Waals surface area contributed by atoms with Crippen LogP contribution in [0, 0.1) is 0 Å². The molecule has 0 atom stereocenters. The van der Waals surface area contributed by atoms with E-state index in [4.69, 9.17) is 0 Å². The minimum Gasteiger partial charge on any atom is -0.351 e. The molecule has 47 valence electrons. The fourth-order valence-corrected chi connectivity index (χ4v) is 1.01. The Morgan fingerprint density at radius 1 is 1.40 bits per heavy atom. The summed E-state index contributed by atoms with van der Waals surface area (Å²) in [7, 11) is 0.823. The van der Waals surface area contributed by atoms with Gasteiger partial charge >= 0.3 is 0 Å². The molecule has 0 amide bonds. The highest BCUT2D eigenvalue weighted by molar-refractivity contribution is 6.53. The topological polar surface area (TPSA) is 24.4 Å². The van der Waals surface area contributed by atoms with Crippen molar-refractivity contribution < 1.29 is 0 Å². The summed E-state index contributed by atoms with van der Waals surface area (Å²) < 4.78 is 0. The van der Waals surface area contributed by atoms with Crippen molar-refractivity contribution in [1.82, 2.24) is 5.34 Å². The summed E-state index contributed by atoms with van der Waals surface area (Å²) in [6.45, 7) is 0. The number of rotatable bonds is 0. The van der Waals surface area contributed by atoms with Gasteiger partial charge in [-0.25, -0.2) is 0 Å². The number of benzene rings is 1. The van der Waals surface area contributed by atoms with E-state index < -0.39 is 0 Å². The highest BCUT2D eigenvalue weighted by Crippen LogP contribution is 1.92. The van der Waals surface area contributed by atoms with Gasteiger partial charge in [-0.2, -0.15) is 5.10 Å². The van der Waals surface area contributed by atoms with Crippen LogP contribution in [0.25, 0.3) is 0 Å². The molecule has 0 saturated heterocycles. The first-order valence-corrected chi connectivity index (χ1v) is 3.23. The Labute approximate surface area is 60.2 Å². The van der Waals surface area contributed by atoms with E-state index in [1.165, 1.54) is 5.46 Å². The third-order valence-electron chi connectivity index (χ3n) is 1.54. The Bertz CT molecular complexity index is 270. The fourth-order valence-electron chi connectivity index (χ4n) is 1.01. The van der Waals surface area contributed by atoms with Crippen LogP contribution < -0.4 is 10.8 Å². The Balaban J connectivity index is 2.54. The van der Waals surface area contributed by atoms with Crippen LogP contribution in [0.5, 0.6) is 0 Å². The van der Waals surface area contributed by atoms with E-state index in [0.717, 1.165) is 13.0 Å². The first-order valence-electron chi connectivity index (χ1n) is 3.23. The van der Waals surface area contributed by atoms with Gasteiger partial charge in [-0.1, -0.05) is 24.3 Å². The Morgan fingerprint density at radius 2 is 2.30 bits per heavy atom. The number of fused-ring (bicyclic) bond motifs is 1. The van der Waals surface area contributed by atoms with Gasteiger partial charge in [0.1, 0.15) is 6.21 Å². The van der Waals surface area contributed by atoms with Crippen molar-refractivity contribution in [2.24, 2.45) is 5.10 Å². The number of hydrogen-bond acceptors (Lipinski definition) is 2. The van der Waals surface area contributed by atoms with Crippen molar-refractivity contribution in [3.8, 4) is 0 Å². The van der Waals surface area contributed by atoms with E-state index in [1.54, 1.807) is 0 Å². The number of hydrazone groups is 1. The van der Waals surface area contributed by atoms with Gasteiger partial charge in [0.2, 0.25) is 0 Å². The van der Waals surface area contributed by atoms with Crippen LogP contribution in [0.4, 0.5) is 0 Å². The van der Waals surface area contributed by atoms with Gasteiger partial charge in [0.05, 0.1) is 0 Å². The number of nitrogens with zero attached hydrogens (tertiary/aromatic N) is 1. The minimum absolute atomic E-state index is 0.823. The van der Waals surface area contributed by atoms with E-state index >= 15 is 0 Å². The van der Waals surface area contributed by atoms with Crippen LogP contribution in [-0.4, -0.2) is 13.6 Å². The Kier molecular flexibility index (Phi) is 1.20. The van der Waals surface area contributed by atoms with Crippen molar-refractivity contribution >= 4 is 19.1 Å². The molecule has 0 saturated carbocycles. The lowest BCUT2D eigenvalue weighted by Crippen LogP contribution is -2.33. The van der Waals surface area contributed by atoms with E-state index in [9.17, 15) is 0 Å². The van der Waals surface area contributed by atoms with Gasteiger partial charge in [0.15, 0.2) is 0 Å². The molecule has 2 nitrogen and oxygen atoms in total. The Hall–Kier alpha value is -1.25. The van der Waals surface area contributed by atoms with Crippen LogP contribution in [0.1, 0.15) is 5.56 Å². The zero-order valence-electron chi connectivity index (χ0n) is 5.46. The molecule has 0 aliphatic carbocycles. The normalized spacial score (nSPS) is 13.2. The lowest BCUT2D eigenvalue weighted by atomic mass is 9.80. The van der Waals surface area contributed by atoms with Crippen molar-refractivity contribution in [1.29, 1.82) is 0 Å². The molecule has 0 fully saturated rings. The van der Waals surface area contributed by atoms with Gasteiger partial charge < -0.3 is 5.34 Å². The average Bonchev–Trinajstić information content (AvgIpc) is 2.05. The summed E-state index contributed by atoms with van der Waals surface area (Å²) in [4.78, 5) is 0. The maximum Gasteiger partial charge on any atom is 0.288 e. The summed E-state index contributed by atoms with van der Waals surface area (Å²) >= 11 is 0. The molecule has 1 aliphatic rings. The highest BCUT2D eigenvalue weighted by Gasteiger charge is 2.03. The first kappa shape index (κ1) is 5.53. The molecular weight excluding hydrogens is 123 g/mol. The second kappa shape index (κ2) is 2.18. The van der Waals surface area contributed by atoms with Crippen LogP contribution in [-0.2, 0) is 0 Å². The molecule has 10 heavy (non-hydrogen) atoms. The molecule has 1 aliphatic heterocycles. The number of nitrogens with one attached hydrogen (secondary N) is 1. The standard InChI is InChI=1S/C7H6BN2/c1-2-4-7-6(3-1)5-9-10-8-7/h1-4,8,10H. The lowest BCUT2D eigenvalue weighted by Gasteiger charge is -2.06. The van der Waals surface area contributed by atoms with E-state index in [-0.39, 0.29) is 0 Å². The molecule has 1 N–H and O–H groups in total. The lowest BCUT2D eigenvalue weighted by molar-refractivity contribution is 1.08. The Morgan fingerprint density at radius 3 is 3.20 bits per heavy atom. The van der Waals surface area contributed by atoms with Gasteiger partial charge in [0, 0.05) is 5.56 Å². The summed E-state index contributed by atoms with van der Waals surface area (Å²) in [6, 6.07) is 8.10. The zero-order valence-corrected chi connectivity index (χ0v) is 5.46. The van der Waals surface area contributed by atoms with Crippen LogP contribution in [0.2, 0.25) is 0 Å². The molecule has 0 bridgehead atoms. The smallest absolute Gasteiger partial charge is 0.288 e. The molecule has 0 spiro atoms. The zero-order chi connectivity index (χ0) is 6.81. The fraction of sp³-hybridized carbons (Fsp3) is 0. The summed E-state index contributed by atoms with van der Waals surface area (Å²) in [5.74, 6) is 0. The van der Waals surface area contributed by atoms with Crippen LogP contribution >= 0.6 is 0 Å². The van der Waals surface area contributed by atoms with Gasteiger partial charge in [0.25, 0.3) is 7.41 Å². The molecule has 1 aromatic carbocycles. The van der Waals surface area contributed by atoms with Crippen molar-refractivity contribution in [3.63, 3.8) is 0 Å². The highest BCUT2D eigenvalue weighted by atomic mass is 15.2. The predicted molar refractivity (Wildman–Crippen MR) is 42.9 cm³/mol. The summed E-state index contributed by atoms with van der Waals surface area (Å²) in [6.07, 6.45) is 2.88. The molecule has 1 heterocycles. The summed E-state index contributed by atoms with van der Waals surface area (Å²) in [5.41, 5.74) is 2.36. The quantitative estimate of drug-likeness (QED) is 0.468.